The van der Waals surface area contributed by atoms with Crippen LogP contribution in [0.1, 0.15) is 23.7 Å². The van der Waals surface area contributed by atoms with Crippen molar-refractivity contribution < 1.29 is 9.90 Å². The Bertz CT molecular complexity index is 911. The normalized spacial score (nSPS) is 10.8. The molecule has 1 N–H and O–H groups in total. The number of hydrogen-bond acceptors (Lipinski definition) is 3. The van der Waals surface area contributed by atoms with Gasteiger partial charge in [-0.15, -0.1) is 0 Å². The van der Waals surface area contributed by atoms with Gasteiger partial charge >= 0.3 is 0 Å². The van der Waals surface area contributed by atoms with E-state index in [1.54, 1.807) is 55.6 Å². The molecule has 2 aromatic heterocycles. The van der Waals surface area contributed by atoms with E-state index in [0.29, 0.717) is 11.1 Å². The standard InChI is InChI=1S/C18H15NO3/c1-2-14(20)16-13-10-6-7-11-19(13)18(22)15(17(16)21)12-8-4-3-5-9-12/h3-11,21H,2H2,1H3. The van der Waals surface area contributed by atoms with Crippen LogP contribution in [0, 0.1) is 0 Å². The Labute approximate surface area is 127 Å². The fourth-order valence-electron chi connectivity index (χ4n) is 2.61. The predicted molar refractivity (Wildman–Crippen MR) is 85.4 cm³/mol. The minimum atomic E-state index is -0.341. The Morgan fingerprint density at radius 3 is 2.45 bits per heavy atom. The summed E-state index contributed by atoms with van der Waals surface area (Å²) in [5, 5.41) is 10.6. The summed E-state index contributed by atoms with van der Waals surface area (Å²) in [6.07, 6.45) is 1.86. The van der Waals surface area contributed by atoms with Crippen LogP contribution in [-0.4, -0.2) is 15.3 Å². The number of aromatic hydroxyl groups is 1. The molecule has 0 bridgehead atoms. The van der Waals surface area contributed by atoms with Crippen LogP contribution in [0.5, 0.6) is 5.75 Å². The summed E-state index contributed by atoms with van der Waals surface area (Å²) in [7, 11) is 0. The zero-order chi connectivity index (χ0) is 15.7. The summed E-state index contributed by atoms with van der Waals surface area (Å²) in [5.41, 5.74) is 1.03. The van der Waals surface area contributed by atoms with Crippen LogP contribution in [-0.2, 0) is 0 Å². The van der Waals surface area contributed by atoms with E-state index >= 15 is 0 Å². The highest BCUT2D eigenvalue weighted by molar-refractivity contribution is 6.06. The first-order valence-electron chi connectivity index (χ1n) is 7.10. The number of aromatic nitrogens is 1. The quantitative estimate of drug-likeness (QED) is 0.754. The number of rotatable bonds is 3. The van der Waals surface area contributed by atoms with Crippen molar-refractivity contribution in [3.63, 3.8) is 0 Å². The lowest BCUT2D eigenvalue weighted by atomic mass is 9.99. The van der Waals surface area contributed by atoms with Gasteiger partial charge in [-0.25, -0.2) is 0 Å². The number of Topliss-reactive ketones (excluding diaryl/α,β-unsaturated/α-hetero) is 1. The Balaban J connectivity index is 2.49. The molecule has 2 heterocycles. The molecule has 4 heteroatoms. The Kier molecular flexibility index (Phi) is 3.51. The smallest absolute Gasteiger partial charge is 0.266 e. The van der Waals surface area contributed by atoms with E-state index in [2.05, 4.69) is 0 Å². The third kappa shape index (κ3) is 2.09. The monoisotopic (exact) mass is 293 g/mol. The first kappa shape index (κ1) is 14.1. The average Bonchev–Trinajstić information content (AvgIpc) is 2.56. The lowest BCUT2D eigenvalue weighted by molar-refractivity contribution is 0.0987. The summed E-state index contributed by atoms with van der Waals surface area (Å²) in [6.45, 7) is 1.73. The van der Waals surface area contributed by atoms with Gasteiger partial charge in [-0.05, 0) is 17.7 Å². The number of nitrogens with zero attached hydrogens (tertiary/aromatic N) is 1. The Morgan fingerprint density at radius 2 is 1.77 bits per heavy atom. The molecule has 22 heavy (non-hydrogen) atoms. The zero-order valence-corrected chi connectivity index (χ0v) is 12.1. The minimum Gasteiger partial charge on any atom is -0.506 e. The van der Waals surface area contributed by atoms with Crippen LogP contribution in [0.3, 0.4) is 0 Å². The van der Waals surface area contributed by atoms with Gasteiger partial charge in [0.05, 0.1) is 16.6 Å². The maximum atomic E-state index is 12.7. The predicted octanol–water partition coefficient (Wildman–Crippen LogP) is 3.26. The molecule has 0 aliphatic rings. The molecule has 0 saturated carbocycles. The number of fused-ring (bicyclic) bond motifs is 1. The van der Waals surface area contributed by atoms with Crippen molar-refractivity contribution >= 4 is 11.3 Å². The molecule has 3 rings (SSSR count). The molecule has 0 aliphatic heterocycles. The molecular formula is C18H15NO3. The van der Waals surface area contributed by atoms with Gasteiger partial charge in [0, 0.05) is 12.6 Å². The number of ketones is 1. The van der Waals surface area contributed by atoms with Crippen molar-refractivity contribution in [3.05, 3.63) is 70.6 Å². The van der Waals surface area contributed by atoms with Gasteiger partial charge in [0.25, 0.3) is 5.56 Å². The van der Waals surface area contributed by atoms with Gasteiger partial charge < -0.3 is 5.11 Å². The highest BCUT2D eigenvalue weighted by Gasteiger charge is 2.22. The number of pyridine rings is 2. The van der Waals surface area contributed by atoms with E-state index in [0.717, 1.165) is 0 Å². The molecule has 0 unspecified atom stereocenters. The van der Waals surface area contributed by atoms with Crippen molar-refractivity contribution in [2.45, 2.75) is 13.3 Å². The van der Waals surface area contributed by atoms with Crippen LogP contribution in [0.15, 0.2) is 59.5 Å². The van der Waals surface area contributed by atoms with Gasteiger partial charge in [-0.2, -0.15) is 0 Å². The fraction of sp³-hybridized carbons (Fsp3) is 0.111. The second kappa shape index (κ2) is 5.48. The SMILES string of the molecule is CCC(=O)c1c(O)c(-c2ccccc2)c(=O)n2ccccc12. The minimum absolute atomic E-state index is 0.154. The molecule has 1 aromatic carbocycles. The third-order valence-corrected chi connectivity index (χ3v) is 3.68. The van der Waals surface area contributed by atoms with E-state index in [4.69, 9.17) is 0 Å². The molecule has 0 amide bonds. The number of hydrogen-bond donors (Lipinski definition) is 1. The van der Waals surface area contributed by atoms with Gasteiger partial charge in [-0.1, -0.05) is 43.3 Å². The van der Waals surface area contributed by atoms with Gasteiger partial charge in [0.15, 0.2) is 5.78 Å². The maximum absolute atomic E-state index is 12.7. The molecule has 0 radical (unpaired) electrons. The zero-order valence-electron chi connectivity index (χ0n) is 12.1. The Hall–Kier alpha value is -2.88. The molecule has 0 spiro atoms. The van der Waals surface area contributed by atoms with E-state index in [9.17, 15) is 14.7 Å². The van der Waals surface area contributed by atoms with Crippen LogP contribution in [0.4, 0.5) is 0 Å². The van der Waals surface area contributed by atoms with Crippen LogP contribution in [0.2, 0.25) is 0 Å². The summed E-state index contributed by atoms with van der Waals surface area (Å²) in [6, 6.07) is 14.0. The first-order valence-corrected chi connectivity index (χ1v) is 7.10. The third-order valence-electron chi connectivity index (χ3n) is 3.68. The summed E-state index contributed by atoms with van der Waals surface area (Å²) < 4.78 is 1.41. The molecular weight excluding hydrogens is 278 g/mol. The topological polar surface area (TPSA) is 58.8 Å². The summed E-state index contributed by atoms with van der Waals surface area (Å²) in [4.78, 5) is 25.0. The van der Waals surface area contributed by atoms with E-state index in [-0.39, 0.29) is 34.6 Å². The van der Waals surface area contributed by atoms with Crippen molar-refractivity contribution in [2.24, 2.45) is 0 Å². The lowest BCUT2D eigenvalue weighted by Gasteiger charge is -2.13. The highest BCUT2D eigenvalue weighted by Crippen LogP contribution is 2.32. The number of carbonyl (C=O) groups excluding carboxylic acids is 1. The lowest BCUT2D eigenvalue weighted by Crippen LogP contribution is -2.19. The molecule has 0 fully saturated rings. The van der Waals surface area contributed by atoms with Crippen molar-refractivity contribution in [1.29, 1.82) is 0 Å². The Morgan fingerprint density at radius 1 is 1.09 bits per heavy atom. The van der Waals surface area contributed by atoms with Crippen LogP contribution >= 0.6 is 0 Å². The maximum Gasteiger partial charge on any atom is 0.266 e. The molecule has 0 aliphatic carbocycles. The highest BCUT2D eigenvalue weighted by atomic mass is 16.3. The fourth-order valence-corrected chi connectivity index (χ4v) is 2.61. The molecule has 4 nitrogen and oxygen atoms in total. The molecule has 3 aromatic rings. The van der Waals surface area contributed by atoms with E-state index < -0.39 is 0 Å². The molecule has 0 saturated heterocycles. The van der Waals surface area contributed by atoms with E-state index in [1.165, 1.54) is 4.40 Å². The van der Waals surface area contributed by atoms with Gasteiger partial charge in [0.1, 0.15) is 5.75 Å². The average molecular weight is 293 g/mol. The number of benzene rings is 1. The van der Waals surface area contributed by atoms with Crippen molar-refractivity contribution in [1.82, 2.24) is 4.40 Å². The van der Waals surface area contributed by atoms with Crippen molar-refractivity contribution in [2.75, 3.05) is 0 Å². The van der Waals surface area contributed by atoms with E-state index in [1.807, 2.05) is 6.07 Å². The first-order chi connectivity index (χ1) is 10.6. The molecule has 110 valence electrons. The largest absolute Gasteiger partial charge is 0.506 e. The van der Waals surface area contributed by atoms with Crippen LogP contribution < -0.4 is 5.56 Å². The van der Waals surface area contributed by atoms with Crippen molar-refractivity contribution in [3.8, 4) is 16.9 Å². The second-order valence-electron chi connectivity index (χ2n) is 5.00. The molecule has 0 atom stereocenters. The second-order valence-corrected chi connectivity index (χ2v) is 5.00. The number of carbonyl (C=O) groups is 1. The van der Waals surface area contributed by atoms with Gasteiger partial charge in [-0.3, -0.25) is 14.0 Å². The van der Waals surface area contributed by atoms with Gasteiger partial charge in [0.2, 0.25) is 0 Å². The summed E-state index contributed by atoms with van der Waals surface area (Å²) in [5.74, 6) is -0.437. The van der Waals surface area contributed by atoms with Crippen LogP contribution in [0.25, 0.3) is 16.6 Å². The summed E-state index contributed by atoms with van der Waals surface area (Å²) >= 11 is 0.